The predicted octanol–water partition coefficient (Wildman–Crippen LogP) is 5.15. The lowest BCUT2D eigenvalue weighted by Gasteiger charge is -2.10. The van der Waals surface area contributed by atoms with Gasteiger partial charge in [0.05, 0.1) is 10.6 Å². The monoisotopic (exact) mass is 364 g/mol. The number of carbonyl (C=O) groups excluding carboxylic acids is 2. The van der Waals surface area contributed by atoms with Gasteiger partial charge in [-0.25, -0.2) is 0 Å². The molecule has 0 bridgehead atoms. The van der Waals surface area contributed by atoms with Gasteiger partial charge in [0.15, 0.2) is 0 Å². The number of rotatable bonds is 4. The zero-order chi connectivity index (χ0) is 18.5. The van der Waals surface area contributed by atoms with Crippen molar-refractivity contribution >= 4 is 34.8 Å². The molecule has 4 nitrogen and oxygen atoms in total. The quantitative estimate of drug-likeness (QED) is 0.672. The van der Waals surface area contributed by atoms with Crippen molar-refractivity contribution in [2.45, 2.75) is 6.92 Å². The maximum absolute atomic E-state index is 12.5. The molecule has 0 unspecified atom stereocenters. The van der Waals surface area contributed by atoms with E-state index in [1.54, 1.807) is 48.5 Å². The molecule has 0 aliphatic carbocycles. The average molecular weight is 365 g/mol. The third kappa shape index (κ3) is 4.10. The van der Waals surface area contributed by atoms with Crippen molar-refractivity contribution in [3.05, 3.63) is 94.5 Å². The highest BCUT2D eigenvalue weighted by molar-refractivity contribution is 6.34. The van der Waals surface area contributed by atoms with Crippen molar-refractivity contribution in [2.24, 2.45) is 0 Å². The number of carbonyl (C=O) groups is 2. The number of para-hydroxylation sites is 1. The van der Waals surface area contributed by atoms with E-state index >= 15 is 0 Å². The molecule has 0 fully saturated rings. The number of hydrogen-bond donors (Lipinski definition) is 2. The molecule has 3 aromatic rings. The van der Waals surface area contributed by atoms with Crippen molar-refractivity contribution in [1.82, 2.24) is 0 Å². The molecule has 26 heavy (non-hydrogen) atoms. The van der Waals surface area contributed by atoms with Crippen LogP contribution in [0, 0.1) is 6.92 Å². The van der Waals surface area contributed by atoms with E-state index in [-0.39, 0.29) is 11.8 Å². The van der Waals surface area contributed by atoms with Crippen LogP contribution in [0.3, 0.4) is 0 Å². The molecule has 3 aromatic carbocycles. The first-order valence-electron chi connectivity index (χ1n) is 8.07. The van der Waals surface area contributed by atoms with Crippen LogP contribution in [0.2, 0.25) is 5.02 Å². The topological polar surface area (TPSA) is 58.2 Å². The predicted molar refractivity (Wildman–Crippen MR) is 105 cm³/mol. The molecular weight excluding hydrogens is 348 g/mol. The lowest BCUT2D eigenvalue weighted by Crippen LogP contribution is -2.15. The van der Waals surface area contributed by atoms with Crippen LogP contribution in [-0.4, -0.2) is 11.8 Å². The Morgan fingerprint density at radius 2 is 1.54 bits per heavy atom. The molecule has 0 aliphatic heterocycles. The zero-order valence-corrected chi connectivity index (χ0v) is 14.9. The lowest BCUT2D eigenvalue weighted by molar-refractivity contribution is 0.101. The molecule has 2 amide bonds. The van der Waals surface area contributed by atoms with Crippen molar-refractivity contribution in [3.8, 4) is 0 Å². The van der Waals surface area contributed by atoms with Gasteiger partial charge in [0.1, 0.15) is 0 Å². The Hall–Kier alpha value is -3.11. The van der Waals surface area contributed by atoms with Gasteiger partial charge in [-0.2, -0.15) is 0 Å². The van der Waals surface area contributed by atoms with Crippen LogP contribution in [0.5, 0.6) is 0 Å². The summed E-state index contributed by atoms with van der Waals surface area (Å²) in [4.78, 5) is 24.8. The zero-order valence-electron chi connectivity index (χ0n) is 14.1. The first kappa shape index (κ1) is 17.7. The molecule has 0 spiro atoms. The maximum Gasteiger partial charge on any atom is 0.257 e. The molecule has 0 aromatic heterocycles. The van der Waals surface area contributed by atoms with Gasteiger partial charge in [0, 0.05) is 16.9 Å². The second-order valence-corrected chi connectivity index (χ2v) is 6.19. The normalized spacial score (nSPS) is 10.2. The maximum atomic E-state index is 12.5. The van der Waals surface area contributed by atoms with Gasteiger partial charge in [-0.15, -0.1) is 0 Å². The van der Waals surface area contributed by atoms with Crippen LogP contribution in [0.1, 0.15) is 26.3 Å². The Morgan fingerprint density at radius 1 is 0.808 bits per heavy atom. The number of anilines is 2. The number of amides is 2. The summed E-state index contributed by atoms with van der Waals surface area (Å²) in [5, 5.41) is 6.01. The third-order valence-electron chi connectivity index (χ3n) is 3.89. The van der Waals surface area contributed by atoms with Gasteiger partial charge in [-0.05, 0) is 48.9 Å². The summed E-state index contributed by atoms with van der Waals surface area (Å²) < 4.78 is 0. The highest BCUT2D eigenvalue weighted by atomic mass is 35.5. The van der Waals surface area contributed by atoms with Gasteiger partial charge < -0.3 is 10.6 Å². The van der Waals surface area contributed by atoms with E-state index in [1.165, 1.54) is 0 Å². The average Bonchev–Trinajstić information content (AvgIpc) is 2.64. The van der Waals surface area contributed by atoms with Gasteiger partial charge in [0.2, 0.25) is 0 Å². The molecule has 0 radical (unpaired) electrons. The van der Waals surface area contributed by atoms with Crippen LogP contribution < -0.4 is 10.6 Å². The summed E-state index contributed by atoms with van der Waals surface area (Å²) in [5.41, 5.74) is 3.08. The minimum absolute atomic E-state index is 0.242. The largest absolute Gasteiger partial charge is 0.322 e. The molecule has 5 heteroatoms. The molecule has 0 atom stereocenters. The van der Waals surface area contributed by atoms with Crippen molar-refractivity contribution in [1.29, 1.82) is 0 Å². The SMILES string of the molecule is Cc1ccccc1NC(=O)c1cccc(NC(=O)c2ccccc2Cl)c1. The van der Waals surface area contributed by atoms with Gasteiger partial charge in [-0.3, -0.25) is 9.59 Å². The fourth-order valence-corrected chi connectivity index (χ4v) is 2.71. The van der Waals surface area contributed by atoms with E-state index in [9.17, 15) is 9.59 Å². The molecule has 2 N–H and O–H groups in total. The van der Waals surface area contributed by atoms with Gasteiger partial charge >= 0.3 is 0 Å². The first-order chi connectivity index (χ1) is 12.5. The van der Waals surface area contributed by atoms with Crippen LogP contribution in [0.25, 0.3) is 0 Å². The molecule has 3 rings (SSSR count). The standard InChI is InChI=1S/C21H17ClN2O2/c1-14-7-2-5-12-19(14)24-20(25)15-8-6-9-16(13-15)23-21(26)17-10-3-4-11-18(17)22/h2-13H,1H3,(H,23,26)(H,24,25). The summed E-state index contributed by atoms with van der Waals surface area (Å²) in [6.07, 6.45) is 0. The second-order valence-electron chi connectivity index (χ2n) is 5.78. The van der Waals surface area contributed by atoms with E-state index in [0.717, 1.165) is 11.3 Å². The van der Waals surface area contributed by atoms with Gasteiger partial charge in [-0.1, -0.05) is 48.0 Å². The van der Waals surface area contributed by atoms with E-state index in [2.05, 4.69) is 10.6 Å². The van der Waals surface area contributed by atoms with Crippen LogP contribution in [0.4, 0.5) is 11.4 Å². The first-order valence-corrected chi connectivity index (χ1v) is 8.45. The Morgan fingerprint density at radius 3 is 2.31 bits per heavy atom. The third-order valence-corrected chi connectivity index (χ3v) is 4.22. The Kier molecular flexibility index (Phi) is 5.34. The molecule has 0 aliphatic rings. The molecule has 0 heterocycles. The molecule has 130 valence electrons. The number of aryl methyl sites for hydroxylation is 1. The van der Waals surface area contributed by atoms with E-state index < -0.39 is 0 Å². The number of halogens is 1. The van der Waals surface area contributed by atoms with Crippen LogP contribution >= 0.6 is 11.6 Å². The van der Waals surface area contributed by atoms with Crippen molar-refractivity contribution in [3.63, 3.8) is 0 Å². The van der Waals surface area contributed by atoms with Gasteiger partial charge in [0.25, 0.3) is 11.8 Å². The highest BCUT2D eigenvalue weighted by Crippen LogP contribution is 2.19. The van der Waals surface area contributed by atoms with E-state index in [4.69, 9.17) is 11.6 Å². The summed E-state index contributed by atoms with van der Waals surface area (Å²) in [7, 11) is 0. The molecule has 0 saturated carbocycles. The fraction of sp³-hybridized carbons (Fsp3) is 0.0476. The fourth-order valence-electron chi connectivity index (χ4n) is 2.49. The summed E-state index contributed by atoms with van der Waals surface area (Å²) in [6, 6.07) is 21.1. The van der Waals surface area contributed by atoms with Crippen LogP contribution in [-0.2, 0) is 0 Å². The molecule has 0 saturated heterocycles. The smallest absolute Gasteiger partial charge is 0.257 e. The number of hydrogen-bond acceptors (Lipinski definition) is 2. The highest BCUT2D eigenvalue weighted by Gasteiger charge is 2.12. The second kappa shape index (κ2) is 7.85. The summed E-state index contributed by atoms with van der Waals surface area (Å²) >= 11 is 6.05. The Bertz CT molecular complexity index is 969. The van der Waals surface area contributed by atoms with E-state index in [0.29, 0.717) is 21.8 Å². The lowest BCUT2D eigenvalue weighted by atomic mass is 10.1. The van der Waals surface area contributed by atoms with Crippen molar-refractivity contribution < 1.29 is 9.59 Å². The van der Waals surface area contributed by atoms with E-state index in [1.807, 2.05) is 31.2 Å². The summed E-state index contributed by atoms with van der Waals surface area (Å²) in [5.74, 6) is -0.569. The Labute approximate surface area is 156 Å². The molecular formula is C21H17ClN2O2. The minimum Gasteiger partial charge on any atom is -0.322 e. The summed E-state index contributed by atoms with van der Waals surface area (Å²) in [6.45, 7) is 1.93. The minimum atomic E-state index is -0.327. The number of benzene rings is 3. The van der Waals surface area contributed by atoms with Crippen LogP contribution in [0.15, 0.2) is 72.8 Å². The van der Waals surface area contributed by atoms with Crippen molar-refractivity contribution in [2.75, 3.05) is 10.6 Å². The Balaban J connectivity index is 1.76. The number of nitrogens with one attached hydrogen (secondary N) is 2.